The topological polar surface area (TPSA) is 52.6 Å². The van der Waals surface area contributed by atoms with Crippen LogP contribution in [0.5, 0.6) is 11.5 Å². The van der Waals surface area contributed by atoms with Gasteiger partial charge in [0.2, 0.25) is 5.78 Å². The van der Waals surface area contributed by atoms with Gasteiger partial charge in [0, 0.05) is 10.6 Å². The molecule has 1 aliphatic heterocycles. The van der Waals surface area contributed by atoms with Crippen LogP contribution in [0.15, 0.2) is 66.4 Å². The summed E-state index contributed by atoms with van der Waals surface area (Å²) in [6.07, 6.45) is 1.61. The van der Waals surface area contributed by atoms with Crippen molar-refractivity contribution >= 4 is 29.4 Å². The minimum absolute atomic E-state index is 0.156. The van der Waals surface area contributed by atoms with Gasteiger partial charge >= 0.3 is 5.97 Å². The fourth-order valence-electron chi connectivity index (χ4n) is 2.97. The summed E-state index contributed by atoms with van der Waals surface area (Å²) in [6.45, 7) is 1.67. The Kier molecular flexibility index (Phi) is 4.91. The van der Waals surface area contributed by atoms with Crippen LogP contribution >= 0.6 is 11.6 Å². The molecular formula is C23H14ClFO4. The molecule has 0 aliphatic carbocycles. The van der Waals surface area contributed by atoms with Crippen LogP contribution in [0.3, 0.4) is 0 Å². The molecule has 0 spiro atoms. The average molecular weight is 409 g/mol. The van der Waals surface area contributed by atoms with Crippen molar-refractivity contribution in [2.45, 2.75) is 6.92 Å². The van der Waals surface area contributed by atoms with Gasteiger partial charge in [-0.15, -0.1) is 0 Å². The molecule has 144 valence electrons. The van der Waals surface area contributed by atoms with Crippen molar-refractivity contribution in [3.8, 4) is 11.5 Å². The van der Waals surface area contributed by atoms with E-state index >= 15 is 0 Å². The van der Waals surface area contributed by atoms with E-state index in [1.54, 1.807) is 43.3 Å². The van der Waals surface area contributed by atoms with E-state index in [0.717, 1.165) is 5.56 Å². The number of ether oxygens (including phenoxy) is 2. The van der Waals surface area contributed by atoms with Crippen LogP contribution in [0.1, 0.15) is 31.8 Å². The molecule has 0 bridgehead atoms. The fraction of sp³-hybridized carbons (Fsp3) is 0.0435. The summed E-state index contributed by atoms with van der Waals surface area (Å²) in [4.78, 5) is 24.9. The van der Waals surface area contributed by atoms with Gasteiger partial charge in [-0.1, -0.05) is 35.9 Å². The van der Waals surface area contributed by atoms with E-state index in [9.17, 15) is 14.0 Å². The fourth-order valence-corrected chi connectivity index (χ4v) is 3.10. The minimum Gasteiger partial charge on any atom is -0.452 e. The highest BCUT2D eigenvalue weighted by atomic mass is 35.5. The number of benzene rings is 3. The second kappa shape index (κ2) is 7.53. The maximum absolute atomic E-state index is 13.8. The highest BCUT2D eigenvalue weighted by Crippen LogP contribution is 2.39. The second-order valence-electron chi connectivity index (χ2n) is 6.43. The summed E-state index contributed by atoms with van der Waals surface area (Å²) in [6, 6.07) is 15.5. The van der Waals surface area contributed by atoms with Crippen molar-refractivity contribution in [1.82, 2.24) is 0 Å². The number of rotatable bonds is 3. The average Bonchev–Trinajstić information content (AvgIpc) is 3.02. The van der Waals surface area contributed by atoms with Crippen molar-refractivity contribution in [3.05, 3.63) is 99.5 Å². The summed E-state index contributed by atoms with van der Waals surface area (Å²) in [5, 5.41) is 0.589. The summed E-state index contributed by atoms with van der Waals surface area (Å²) in [5.41, 5.74) is 1.43. The Bertz CT molecular complexity index is 1170. The Morgan fingerprint density at radius 3 is 2.52 bits per heavy atom. The lowest BCUT2D eigenvalue weighted by Crippen LogP contribution is -2.11. The first-order valence-electron chi connectivity index (χ1n) is 8.74. The minimum atomic E-state index is -0.826. The molecule has 0 fully saturated rings. The Morgan fingerprint density at radius 2 is 1.79 bits per heavy atom. The molecule has 4 nitrogen and oxygen atoms in total. The monoisotopic (exact) mass is 408 g/mol. The third-order valence-electron chi connectivity index (χ3n) is 4.50. The largest absolute Gasteiger partial charge is 0.452 e. The molecule has 0 amide bonds. The van der Waals surface area contributed by atoms with Crippen LogP contribution < -0.4 is 9.47 Å². The normalized spacial score (nSPS) is 13.9. The van der Waals surface area contributed by atoms with Crippen molar-refractivity contribution in [1.29, 1.82) is 0 Å². The van der Waals surface area contributed by atoms with Gasteiger partial charge in [-0.25, -0.2) is 9.18 Å². The van der Waals surface area contributed by atoms with Crippen molar-refractivity contribution in [3.63, 3.8) is 0 Å². The Labute approximate surface area is 171 Å². The number of hydrogen-bond donors (Lipinski definition) is 0. The van der Waals surface area contributed by atoms with Crippen LogP contribution in [0, 0.1) is 12.7 Å². The van der Waals surface area contributed by atoms with E-state index in [2.05, 4.69) is 0 Å². The molecule has 4 rings (SSSR count). The van der Waals surface area contributed by atoms with Crippen LogP contribution in [0.4, 0.5) is 4.39 Å². The third kappa shape index (κ3) is 3.65. The molecular weight excluding hydrogens is 395 g/mol. The number of allylic oxidation sites excluding steroid dienone is 1. The molecule has 0 unspecified atom stereocenters. The number of carbonyl (C=O) groups is 2. The Morgan fingerprint density at radius 1 is 1.07 bits per heavy atom. The SMILES string of the molecule is Cc1c(OC(=O)c2ccccc2F)ccc2c1O/C(=C\c1ccc(Cl)cc1)C2=O. The first kappa shape index (κ1) is 18.9. The van der Waals surface area contributed by atoms with Gasteiger partial charge in [0.05, 0.1) is 11.1 Å². The third-order valence-corrected chi connectivity index (χ3v) is 4.75. The van der Waals surface area contributed by atoms with Crippen molar-refractivity contribution in [2.24, 2.45) is 0 Å². The molecule has 0 saturated heterocycles. The molecule has 0 atom stereocenters. The highest BCUT2D eigenvalue weighted by Gasteiger charge is 2.30. The maximum atomic E-state index is 13.8. The molecule has 1 heterocycles. The second-order valence-corrected chi connectivity index (χ2v) is 6.86. The highest BCUT2D eigenvalue weighted by molar-refractivity contribution is 6.30. The van der Waals surface area contributed by atoms with Gasteiger partial charge in [0.15, 0.2) is 5.76 Å². The van der Waals surface area contributed by atoms with E-state index in [4.69, 9.17) is 21.1 Å². The van der Waals surface area contributed by atoms with Gasteiger partial charge in [-0.2, -0.15) is 0 Å². The Balaban J connectivity index is 1.62. The number of halogens is 2. The number of ketones is 1. The van der Waals surface area contributed by atoms with Crippen molar-refractivity contribution < 1.29 is 23.5 Å². The van der Waals surface area contributed by atoms with Crippen LogP contribution in [-0.2, 0) is 0 Å². The standard InChI is InChI=1S/C23H14ClFO4/c1-13-19(29-23(27)16-4-2-3-5-18(16)25)11-10-17-21(26)20(28-22(13)17)12-14-6-8-15(24)9-7-14/h2-12H,1H3/b20-12-. The van der Waals surface area contributed by atoms with Gasteiger partial charge in [0.1, 0.15) is 17.3 Å². The quantitative estimate of drug-likeness (QED) is 0.320. The van der Waals surface area contributed by atoms with E-state index in [1.807, 2.05) is 0 Å². The maximum Gasteiger partial charge on any atom is 0.346 e. The van der Waals surface area contributed by atoms with Gasteiger partial charge in [-0.3, -0.25) is 4.79 Å². The van der Waals surface area contributed by atoms with Gasteiger partial charge < -0.3 is 9.47 Å². The van der Waals surface area contributed by atoms with Gasteiger partial charge in [-0.05, 0) is 55.0 Å². The first-order valence-corrected chi connectivity index (χ1v) is 9.12. The predicted molar refractivity (Wildman–Crippen MR) is 107 cm³/mol. The lowest BCUT2D eigenvalue weighted by molar-refractivity contribution is 0.0728. The van der Waals surface area contributed by atoms with Crippen LogP contribution in [-0.4, -0.2) is 11.8 Å². The lowest BCUT2D eigenvalue weighted by Gasteiger charge is -2.10. The molecule has 6 heteroatoms. The van der Waals surface area contributed by atoms with E-state index in [0.29, 0.717) is 21.9 Å². The van der Waals surface area contributed by atoms with Crippen LogP contribution in [0.2, 0.25) is 5.02 Å². The molecule has 3 aromatic rings. The molecule has 0 saturated carbocycles. The lowest BCUT2D eigenvalue weighted by atomic mass is 10.1. The number of Topliss-reactive ketones (excluding diaryl/α,β-unsaturated/α-hetero) is 1. The molecule has 29 heavy (non-hydrogen) atoms. The first-order chi connectivity index (χ1) is 13.9. The predicted octanol–water partition coefficient (Wildman–Crippen LogP) is 5.62. The molecule has 0 N–H and O–H groups in total. The number of esters is 1. The molecule has 0 radical (unpaired) electrons. The zero-order valence-electron chi connectivity index (χ0n) is 15.2. The van der Waals surface area contributed by atoms with E-state index in [-0.39, 0.29) is 22.9 Å². The van der Waals surface area contributed by atoms with Crippen molar-refractivity contribution in [2.75, 3.05) is 0 Å². The molecule has 3 aromatic carbocycles. The van der Waals surface area contributed by atoms with E-state index < -0.39 is 11.8 Å². The summed E-state index contributed by atoms with van der Waals surface area (Å²) >= 11 is 5.88. The number of hydrogen-bond acceptors (Lipinski definition) is 4. The zero-order chi connectivity index (χ0) is 20.5. The van der Waals surface area contributed by atoms with E-state index in [1.165, 1.54) is 30.3 Å². The van der Waals surface area contributed by atoms with Crippen LogP contribution in [0.25, 0.3) is 6.08 Å². The summed E-state index contributed by atoms with van der Waals surface area (Å²) < 4.78 is 24.9. The Hall–Kier alpha value is -3.44. The molecule has 0 aromatic heterocycles. The smallest absolute Gasteiger partial charge is 0.346 e. The molecule has 1 aliphatic rings. The zero-order valence-corrected chi connectivity index (χ0v) is 16.0. The number of carbonyl (C=O) groups excluding carboxylic acids is 2. The summed E-state index contributed by atoms with van der Waals surface area (Å²) in [5.74, 6) is -1.11. The summed E-state index contributed by atoms with van der Waals surface area (Å²) in [7, 11) is 0. The van der Waals surface area contributed by atoms with Gasteiger partial charge in [0.25, 0.3) is 0 Å². The number of fused-ring (bicyclic) bond motifs is 1.